The van der Waals surface area contributed by atoms with Gasteiger partial charge >= 0.3 is 0 Å². The van der Waals surface area contributed by atoms with Crippen molar-refractivity contribution in [2.75, 3.05) is 38.0 Å². The number of para-hydroxylation sites is 1. The highest BCUT2D eigenvalue weighted by atomic mass is 16.5. The van der Waals surface area contributed by atoms with Gasteiger partial charge in [0.05, 0.1) is 32.3 Å². The average Bonchev–Trinajstić information content (AvgIpc) is 2.74. The molecule has 6 heteroatoms. The fourth-order valence-electron chi connectivity index (χ4n) is 3.71. The fourth-order valence-corrected chi connectivity index (χ4v) is 3.71. The smallest absolute Gasteiger partial charge is 0.279 e. The Morgan fingerprint density at radius 2 is 1.73 bits per heavy atom. The Morgan fingerprint density at radius 3 is 2.37 bits per heavy atom. The van der Waals surface area contributed by atoms with Crippen molar-refractivity contribution in [2.45, 2.75) is 33.3 Å². The number of aryl methyl sites for hydroxylation is 1. The Labute approximate surface area is 178 Å². The molecule has 0 spiro atoms. The maximum Gasteiger partial charge on any atom is 0.279 e. The number of benzene rings is 2. The van der Waals surface area contributed by atoms with Gasteiger partial charge in [0.2, 0.25) is 0 Å². The van der Waals surface area contributed by atoms with Crippen LogP contribution in [0, 0.1) is 0 Å². The van der Waals surface area contributed by atoms with Gasteiger partial charge in [0.15, 0.2) is 6.54 Å². The molecule has 1 heterocycles. The number of nitrogens with zero attached hydrogens (tertiary/aromatic N) is 1. The molecule has 0 aromatic heterocycles. The van der Waals surface area contributed by atoms with Crippen molar-refractivity contribution in [3.63, 3.8) is 0 Å². The molecule has 0 aliphatic carbocycles. The largest absolute Gasteiger partial charge is 0.491 e. The average molecular weight is 411 g/mol. The van der Waals surface area contributed by atoms with Crippen LogP contribution in [-0.4, -0.2) is 55.5 Å². The van der Waals surface area contributed by atoms with Gasteiger partial charge in [0.1, 0.15) is 5.75 Å². The second kappa shape index (κ2) is 10.3. The first-order chi connectivity index (χ1) is 14.5. The third kappa shape index (κ3) is 5.83. The van der Waals surface area contributed by atoms with Crippen molar-refractivity contribution in [1.29, 1.82) is 0 Å². The van der Waals surface area contributed by atoms with Crippen LogP contribution in [0.5, 0.6) is 5.75 Å². The predicted molar refractivity (Wildman–Crippen MR) is 118 cm³/mol. The molecular weight excluding hydrogens is 378 g/mol. The first-order valence-electron chi connectivity index (χ1n) is 10.7. The summed E-state index contributed by atoms with van der Waals surface area (Å²) in [7, 11) is 0. The molecule has 0 radical (unpaired) electrons. The van der Waals surface area contributed by atoms with E-state index in [4.69, 9.17) is 4.74 Å². The van der Waals surface area contributed by atoms with Crippen LogP contribution in [-0.2, 0) is 11.2 Å². The van der Waals surface area contributed by atoms with E-state index in [1.165, 1.54) is 4.90 Å². The molecule has 0 unspecified atom stereocenters. The number of hydrogen-bond acceptors (Lipinski definition) is 3. The number of rotatable bonds is 7. The Balaban J connectivity index is 1.48. The van der Waals surface area contributed by atoms with Gasteiger partial charge in [0.25, 0.3) is 11.8 Å². The summed E-state index contributed by atoms with van der Waals surface area (Å²) in [4.78, 5) is 28.3. The van der Waals surface area contributed by atoms with Crippen LogP contribution in [0.2, 0.25) is 0 Å². The highest BCUT2D eigenvalue weighted by Gasteiger charge is 2.26. The summed E-state index contributed by atoms with van der Waals surface area (Å²) in [5.41, 5.74) is 2.70. The maximum atomic E-state index is 12.8. The van der Waals surface area contributed by atoms with Crippen LogP contribution in [0.4, 0.5) is 5.69 Å². The van der Waals surface area contributed by atoms with Gasteiger partial charge in [-0.2, -0.15) is 0 Å². The quantitative estimate of drug-likeness (QED) is 0.734. The summed E-state index contributed by atoms with van der Waals surface area (Å²) in [6.45, 7) is 9.28. The zero-order valence-corrected chi connectivity index (χ0v) is 18.1. The first kappa shape index (κ1) is 21.8. The molecule has 160 valence electrons. The monoisotopic (exact) mass is 410 g/mol. The van der Waals surface area contributed by atoms with Crippen LogP contribution < -0.4 is 15.0 Å². The highest BCUT2D eigenvalue weighted by Crippen LogP contribution is 2.16. The van der Waals surface area contributed by atoms with E-state index in [-0.39, 0.29) is 17.9 Å². The molecule has 0 atom stereocenters. The number of amides is 2. The van der Waals surface area contributed by atoms with Gasteiger partial charge in [-0.25, -0.2) is 0 Å². The van der Waals surface area contributed by atoms with Crippen LogP contribution >= 0.6 is 0 Å². The SMILES string of the molecule is CCc1ccccc1NC(=O)C[NH+]1CCN(C(=O)c2ccc(OC(C)C)cc2)CC1. The standard InChI is InChI=1S/C24H31N3O3/c1-4-19-7-5-6-8-22(19)25-23(28)17-26-13-15-27(16-14-26)24(29)20-9-11-21(12-10-20)30-18(2)3/h5-12,18H,4,13-17H2,1-3H3,(H,25,28)/p+1. The summed E-state index contributed by atoms with van der Waals surface area (Å²) >= 11 is 0. The van der Waals surface area contributed by atoms with Crippen LogP contribution in [0.25, 0.3) is 0 Å². The van der Waals surface area contributed by atoms with Crippen molar-refractivity contribution in [2.24, 2.45) is 0 Å². The second-order valence-electron chi connectivity index (χ2n) is 7.97. The lowest BCUT2D eigenvalue weighted by Crippen LogP contribution is -3.15. The highest BCUT2D eigenvalue weighted by molar-refractivity contribution is 5.94. The van der Waals surface area contributed by atoms with Crippen LogP contribution in [0.3, 0.4) is 0 Å². The van der Waals surface area contributed by atoms with E-state index in [9.17, 15) is 9.59 Å². The minimum Gasteiger partial charge on any atom is -0.491 e. The normalized spacial score (nSPS) is 14.6. The van der Waals surface area contributed by atoms with E-state index < -0.39 is 0 Å². The Hall–Kier alpha value is -2.86. The molecule has 2 amide bonds. The third-order valence-electron chi connectivity index (χ3n) is 5.31. The molecule has 3 rings (SSSR count). The van der Waals surface area contributed by atoms with Crippen molar-refractivity contribution in [3.05, 3.63) is 59.7 Å². The van der Waals surface area contributed by atoms with E-state index in [0.29, 0.717) is 25.2 Å². The van der Waals surface area contributed by atoms with Gasteiger partial charge in [-0.15, -0.1) is 0 Å². The summed E-state index contributed by atoms with van der Waals surface area (Å²) in [5, 5.41) is 3.04. The molecular formula is C24H32N3O3+. The van der Waals surface area contributed by atoms with Crippen molar-refractivity contribution >= 4 is 17.5 Å². The minimum atomic E-state index is 0.0198. The lowest BCUT2D eigenvalue weighted by molar-refractivity contribution is -0.895. The van der Waals surface area contributed by atoms with Crippen molar-refractivity contribution < 1.29 is 19.2 Å². The number of nitrogens with one attached hydrogen (secondary N) is 2. The van der Waals surface area contributed by atoms with Gasteiger partial charge in [-0.1, -0.05) is 25.1 Å². The van der Waals surface area contributed by atoms with E-state index in [0.717, 1.165) is 36.5 Å². The topological polar surface area (TPSA) is 63.1 Å². The van der Waals surface area contributed by atoms with E-state index in [2.05, 4.69) is 12.2 Å². The lowest BCUT2D eigenvalue weighted by atomic mass is 10.1. The maximum absolute atomic E-state index is 12.8. The number of piperazine rings is 1. The molecule has 0 bridgehead atoms. The van der Waals surface area contributed by atoms with Gasteiger partial charge in [-0.3, -0.25) is 9.59 Å². The molecule has 2 aromatic carbocycles. The number of hydrogen-bond donors (Lipinski definition) is 2. The molecule has 1 fully saturated rings. The summed E-state index contributed by atoms with van der Waals surface area (Å²) < 4.78 is 5.64. The number of ether oxygens (including phenoxy) is 1. The number of anilines is 1. The summed E-state index contributed by atoms with van der Waals surface area (Å²) in [5.74, 6) is 0.823. The summed E-state index contributed by atoms with van der Waals surface area (Å²) in [6.07, 6.45) is 0.990. The molecule has 2 aromatic rings. The first-order valence-corrected chi connectivity index (χ1v) is 10.7. The second-order valence-corrected chi connectivity index (χ2v) is 7.97. The van der Waals surface area contributed by atoms with Crippen LogP contribution in [0.15, 0.2) is 48.5 Å². The van der Waals surface area contributed by atoms with Gasteiger partial charge in [-0.05, 0) is 56.2 Å². The molecule has 0 saturated carbocycles. The Morgan fingerprint density at radius 1 is 1.07 bits per heavy atom. The minimum absolute atomic E-state index is 0.0198. The molecule has 6 nitrogen and oxygen atoms in total. The molecule has 1 saturated heterocycles. The fraction of sp³-hybridized carbons (Fsp3) is 0.417. The van der Waals surface area contributed by atoms with Crippen molar-refractivity contribution in [3.8, 4) is 5.75 Å². The molecule has 1 aliphatic heterocycles. The number of quaternary nitrogens is 1. The van der Waals surface area contributed by atoms with Gasteiger partial charge < -0.3 is 19.9 Å². The van der Waals surface area contributed by atoms with Crippen molar-refractivity contribution in [1.82, 2.24) is 4.90 Å². The number of carbonyl (C=O) groups is 2. The molecule has 2 N–H and O–H groups in total. The lowest BCUT2D eigenvalue weighted by Gasteiger charge is -2.32. The number of carbonyl (C=O) groups excluding carboxylic acids is 2. The van der Waals surface area contributed by atoms with Gasteiger partial charge in [0, 0.05) is 11.3 Å². The van der Waals surface area contributed by atoms with E-state index >= 15 is 0 Å². The Kier molecular flexibility index (Phi) is 7.46. The zero-order chi connectivity index (χ0) is 21.5. The van der Waals surface area contributed by atoms with E-state index in [1.54, 1.807) is 0 Å². The third-order valence-corrected chi connectivity index (χ3v) is 5.31. The van der Waals surface area contributed by atoms with E-state index in [1.807, 2.05) is 67.3 Å². The zero-order valence-electron chi connectivity index (χ0n) is 18.1. The Bertz CT molecular complexity index is 856. The predicted octanol–water partition coefficient (Wildman–Crippen LogP) is 2.02. The molecule has 30 heavy (non-hydrogen) atoms. The summed E-state index contributed by atoms with van der Waals surface area (Å²) in [6, 6.07) is 15.2. The van der Waals surface area contributed by atoms with Crippen LogP contribution in [0.1, 0.15) is 36.7 Å². The molecule has 1 aliphatic rings.